The molecule has 90 heavy (non-hydrogen) atoms. The Kier molecular flexibility index (Phi) is 32.0. The fourth-order valence-electron chi connectivity index (χ4n) is 6.68. The highest BCUT2D eigenvalue weighted by Gasteiger charge is 2.05. The van der Waals surface area contributed by atoms with Gasteiger partial charge in [-0.1, -0.05) is 211 Å². The molecule has 440 valence electrons. The maximum Gasteiger partial charge on any atom is 0.0879 e. The van der Waals surface area contributed by atoms with Gasteiger partial charge in [0.2, 0.25) is 0 Å². The molecule has 0 aliphatic carbocycles. The van der Waals surface area contributed by atoms with E-state index in [-0.39, 0.29) is 0 Å². The summed E-state index contributed by atoms with van der Waals surface area (Å²) < 4.78 is 8.16. The van der Waals surface area contributed by atoms with E-state index in [1.54, 1.807) is 36.4 Å². The number of nitrogens with zero attached hydrogens (tertiary/aromatic N) is 8. The topological polar surface area (TPSA) is 98.9 Å². The smallest absolute Gasteiger partial charge is 0.0879 e. The summed E-state index contributed by atoms with van der Waals surface area (Å²) in [6.07, 6.45) is 31.3. The molecule has 0 fully saturated rings. The van der Waals surface area contributed by atoms with Gasteiger partial charge in [-0.25, -0.2) is 0 Å². The van der Waals surface area contributed by atoms with Gasteiger partial charge >= 0.3 is 0 Å². The van der Waals surface area contributed by atoms with Gasteiger partial charge in [0.15, 0.2) is 0 Å². The molecule has 8 nitrogen and oxygen atoms in total. The Morgan fingerprint density at radius 1 is 0.222 bits per heavy atom. The van der Waals surface area contributed by atoms with Crippen LogP contribution < -0.4 is 0 Å². The van der Waals surface area contributed by atoms with Crippen molar-refractivity contribution < 1.29 is 0 Å². The van der Waals surface area contributed by atoms with Gasteiger partial charge in [0.05, 0.1) is 45.5 Å². The zero-order chi connectivity index (χ0) is 65.2. The van der Waals surface area contributed by atoms with E-state index in [1.165, 1.54) is 0 Å². The molecule has 0 saturated carbocycles. The Morgan fingerprint density at radius 3 is 0.689 bits per heavy atom. The van der Waals surface area contributed by atoms with E-state index in [4.69, 9.17) is 38.5 Å². The third-order valence-electron chi connectivity index (χ3n) is 11.3. The average molecular weight is 1690 g/mol. The highest BCUT2D eigenvalue weighted by atomic mass is 79.9. The number of azo groups is 4. The minimum Gasteiger partial charge on any atom is -0.151 e. The van der Waals surface area contributed by atoms with Crippen molar-refractivity contribution in [3.8, 4) is 74.1 Å². The van der Waals surface area contributed by atoms with Crippen LogP contribution in [-0.2, 0) is 0 Å². The Balaban J connectivity index is 0.000000197. The lowest BCUT2D eigenvalue weighted by molar-refractivity contribution is 1.22. The molecule has 0 spiro atoms. The number of halogens is 8. The van der Waals surface area contributed by atoms with Gasteiger partial charge in [-0.05, 0) is 195 Å². The Morgan fingerprint density at radius 2 is 0.444 bits per heavy atom. The van der Waals surface area contributed by atoms with Crippen molar-refractivity contribution in [2.24, 2.45) is 40.9 Å². The molecule has 0 atom stereocenters. The fraction of sp³-hybridized carbons (Fsp3) is 0.0270. The molecule has 0 unspecified atom stereocenters. The monoisotopic (exact) mass is 1680 g/mol. The largest absolute Gasteiger partial charge is 0.151 e. The molecular formula is C74H48Br8N8. The summed E-state index contributed by atoms with van der Waals surface area (Å²) >= 11 is 27.5. The molecule has 0 heterocycles. The molecule has 10 aromatic rings. The first kappa shape index (κ1) is 72.5. The van der Waals surface area contributed by atoms with Crippen LogP contribution in [0.25, 0.3) is 0 Å². The molecule has 0 aromatic heterocycles. The van der Waals surface area contributed by atoms with Crippen molar-refractivity contribution >= 4 is 173 Å². The van der Waals surface area contributed by atoms with Gasteiger partial charge in [-0.3, -0.25) is 0 Å². The van der Waals surface area contributed by atoms with Crippen molar-refractivity contribution in [3.05, 3.63) is 299 Å². The van der Waals surface area contributed by atoms with Gasteiger partial charge in [0.25, 0.3) is 0 Å². The summed E-state index contributed by atoms with van der Waals surface area (Å²) in [5.41, 5.74) is 13.3. The Labute approximate surface area is 594 Å². The number of rotatable bonds is 8. The zero-order valence-electron chi connectivity index (χ0n) is 47.9. The van der Waals surface area contributed by atoms with Gasteiger partial charge in [0, 0.05) is 69.2 Å². The SMILES string of the molecule is Brc1ccc(N=Nc2ccc(Br)cc2)cc1.Brc1cccc(N=Nc2cccc(Br)c2)c1.C#Cc1cc(C#C)cc(C#C)c1.C#Cc1cc(C#C)cc(C#C)c1.Cc1c(Br)cc(N=Nc2ccccc2)cc1Br.Cc1c(Br)cc(N=Nc2ccccc2)cc1Br. The van der Waals surface area contributed by atoms with Crippen molar-refractivity contribution in [2.45, 2.75) is 13.8 Å². The van der Waals surface area contributed by atoms with Crippen LogP contribution in [0.2, 0.25) is 0 Å². The third kappa shape index (κ3) is 26.9. The molecule has 16 heteroatoms. The summed E-state index contributed by atoms with van der Waals surface area (Å²) in [4.78, 5) is 0. The molecule has 0 bridgehead atoms. The van der Waals surface area contributed by atoms with E-state index >= 15 is 0 Å². The first-order chi connectivity index (χ1) is 43.4. The third-order valence-corrected chi connectivity index (χ3v) is 16.6. The van der Waals surface area contributed by atoms with E-state index in [0.29, 0.717) is 0 Å². The number of hydrogen-bond donors (Lipinski definition) is 0. The predicted octanol–water partition coefficient (Wildman–Crippen LogP) is 26.4. The Bertz CT molecular complexity index is 3940. The molecule has 0 amide bonds. The Hall–Kier alpha value is -8.20. The summed E-state index contributed by atoms with van der Waals surface area (Å²) in [7, 11) is 0. The minimum atomic E-state index is 0.721. The van der Waals surface area contributed by atoms with E-state index in [9.17, 15) is 0 Å². The van der Waals surface area contributed by atoms with Gasteiger partial charge in [-0.2, -0.15) is 40.9 Å². The lowest BCUT2D eigenvalue weighted by Crippen LogP contribution is -1.82. The quantitative estimate of drug-likeness (QED) is 0.107. The van der Waals surface area contributed by atoms with Crippen LogP contribution in [0, 0.1) is 87.9 Å². The first-order valence-corrected chi connectivity index (χ1v) is 32.6. The first-order valence-electron chi connectivity index (χ1n) is 26.2. The van der Waals surface area contributed by atoms with Crippen LogP contribution in [0.4, 0.5) is 45.5 Å². The standard InChI is InChI=1S/2C13H10Br2N2.2C12H8Br2N2.2C12H6/c2*1-9-12(14)7-11(8-13(9)15)17-16-10-5-3-2-4-6-10;13-9-1-5-11(6-2-9)15-16-12-7-3-10(14)4-8-12;13-9-3-1-5-11(7-9)15-16-12-6-2-4-10(14)8-12;2*1-4-10-7-11(5-2)9-12(6-3)8-10/h2*2-8H,1H3;2*1-8H;2*1-3,7-9H. The van der Waals surface area contributed by atoms with Gasteiger partial charge in [-0.15, -0.1) is 38.5 Å². The van der Waals surface area contributed by atoms with Gasteiger partial charge < -0.3 is 0 Å². The average Bonchev–Trinajstić information content (AvgIpc) is 3.54. The molecular weight excluding hydrogens is 1640 g/mol. The predicted molar refractivity (Wildman–Crippen MR) is 400 cm³/mol. The molecule has 10 aromatic carbocycles. The van der Waals surface area contributed by atoms with Crippen molar-refractivity contribution in [1.29, 1.82) is 0 Å². The molecule has 0 saturated heterocycles. The summed E-state index contributed by atoms with van der Waals surface area (Å²) in [6.45, 7) is 4.07. The maximum atomic E-state index is 5.21. The van der Waals surface area contributed by atoms with Crippen molar-refractivity contribution in [2.75, 3.05) is 0 Å². The zero-order valence-corrected chi connectivity index (χ0v) is 60.5. The second kappa shape index (κ2) is 39.7. The van der Waals surface area contributed by atoms with E-state index in [2.05, 4.69) is 204 Å². The van der Waals surface area contributed by atoms with Crippen LogP contribution in [0.15, 0.2) is 295 Å². The molecule has 10 rings (SSSR count). The van der Waals surface area contributed by atoms with Crippen LogP contribution >= 0.6 is 127 Å². The molecule has 0 N–H and O–H groups in total. The van der Waals surface area contributed by atoms with E-state index in [0.717, 1.165) is 126 Å². The van der Waals surface area contributed by atoms with Crippen LogP contribution in [0.3, 0.4) is 0 Å². The lowest BCUT2D eigenvalue weighted by Gasteiger charge is -2.02. The molecule has 0 aliphatic rings. The summed E-state index contributed by atoms with van der Waals surface area (Å²) in [5.74, 6) is 14.9. The highest BCUT2D eigenvalue weighted by molar-refractivity contribution is 9.12. The van der Waals surface area contributed by atoms with Crippen LogP contribution in [-0.4, -0.2) is 0 Å². The second-order valence-corrected chi connectivity index (χ2v) is 25.0. The van der Waals surface area contributed by atoms with Crippen molar-refractivity contribution in [1.82, 2.24) is 0 Å². The highest BCUT2D eigenvalue weighted by Crippen LogP contribution is 2.33. The summed E-state index contributed by atoms with van der Waals surface area (Å²) in [6, 6.07) is 68.5. The van der Waals surface area contributed by atoms with Crippen LogP contribution in [0.1, 0.15) is 44.5 Å². The second-order valence-electron chi connectivity index (χ2n) is 17.9. The fourth-order valence-corrected chi connectivity index (χ4v) is 10.3. The number of benzene rings is 10. The summed E-state index contributed by atoms with van der Waals surface area (Å²) in [5, 5.41) is 33.3. The lowest BCUT2D eigenvalue weighted by atomic mass is 10.1. The van der Waals surface area contributed by atoms with Crippen LogP contribution in [0.5, 0.6) is 0 Å². The molecule has 0 aliphatic heterocycles. The minimum absolute atomic E-state index is 0.721. The van der Waals surface area contributed by atoms with E-state index < -0.39 is 0 Å². The maximum absolute atomic E-state index is 5.21. The normalized spacial score (nSPS) is 10.1. The van der Waals surface area contributed by atoms with E-state index in [1.807, 2.05) is 196 Å². The molecule has 0 radical (unpaired) electrons. The van der Waals surface area contributed by atoms with Gasteiger partial charge in [0.1, 0.15) is 0 Å². The number of hydrogen-bond acceptors (Lipinski definition) is 8. The van der Waals surface area contributed by atoms with Crippen molar-refractivity contribution in [3.63, 3.8) is 0 Å². The number of terminal acetylenes is 6.